The maximum atomic E-state index is 12.7. The average Bonchev–Trinajstić information content (AvgIpc) is 2.89. The van der Waals surface area contributed by atoms with Crippen molar-refractivity contribution in [2.24, 2.45) is 5.41 Å². The number of aryl methyl sites for hydroxylation is 1. The highest BCUT2D eigenvalue weighted by Gasteiger charge is 2.28. The zero-order valence-electron chi connectivity index (χ0n) is 14.7. The van der Waals surface area contributed by atoms with E-state index in [-0.39, 0.29) is 11.3 Å². The summed E-state index contributed by atoms with van der Waals surface area (Å²) < 4.78 is 1.84. The van der Waals surface area contributed by atoms with Gasteiger partial charge in [0.1, 0.15) is 0 Å². The zero-order valence-corrected chi connectivity index (χ0v) is 14.7. The summed E-state index contributed by atoms with van der Waals surface area (Å²) in [6.45, 7) is 8.86. The lowest BCUT2D eigenvalue weighted by Crippen LogP contribution is -2.43. The third kappa shape index (κ3) is 3.36. The molecule has 0 unspecified atom stereocenters. The molecule has 1 aliphatic heterocycles. The van der Waals surface area contributed by atoms with Crippen LogP contribution in [0.2, 0.25) is 0 Å². The van der Waals surface area contributed by atoms with E-state index in [9.17, 15) is 4.79 Å². The van der Waals surface area contributed by atoms with Crippen molar-refractivity contribution in [3.8, 4) is 5.69 Å². The van der Waals surface area contributed by atoms with Crippen molar-refractivity contribution < 1.29 is 4.79 Å². The summed E-state index contributed by atoms with van der Waals surface area (Å²) in [6.07, 6.45) is 2.18. The van der Waals surface area contributed by atoms with Crippen molar-refractivity contribution in [1.29, 1.82) is 0 Å². The van der Waals surface area contributed by atoms with Crippen LogP contribution in [0.15, 0.2) is 30.3 Å². The van der Waals surface area contributed by atoms with Crippen LogP contribution >= 0.6 is 0 Å². The minimum Gasteiger partial charge on any atom is -0.351 e. The van der Waals surface area contributed by atoms with Crippen LogP contribution in [0.1, 0.15) is 41.5 Å². The molecular formula is C19H26N4O. The summed E-state index contributed by atoms with van der Waals surface area (Å²) >= 11 is 0. The number of amides is 1. The Balaban J connectivity index is 1.77. The highest BCUT2D eigenvalue weighted by atomic mass is 16.1. The first-order valence-electron chi connectivity index (χ1n) is 8.61. The summed E-state index contributed by atoms with van der Waals surface area (Å²) in [7, 11) is 0. The van der Waals surface area contributed by atoms with Gasteiger partial charge in [0.05, 0.1) is 22.6 Å². The highest BCUT2D eigenvalue weighted by molar-refractivity contribution is 5.96. The fraction of sp³-hybridized carbons (Fsp3) is 0.474. The first-order valence-corrected chi connectivity index (χ1v) is 8.61. The van der Waals surface area contributed by atoms with Crippen LogP contribution in [0.5, 0.6) is 0 Å². The van der Waals surface area contributed by atoms with Crippen LogP contribution in [-0.2, 0) is 0 Å². The number of hydrogen-bond donors (Lipinski definition) is 2. The fourth-order valence-corrected chi connectivity index (χ4v) is 3.38. The molecule has 2 aromatic rings. The number of rotatable bonds is 4. The van der Waals surface area contributed by atoms with Crippen LogP contribution in [0.3, 0.4) is 0 Å². The molecule has 1 aromatic heterocycles. The van der Waals surface area contributed by atoms with E-state index in [1.165, 1.54) is 0 Å². The molecule has 2 heterocycles. The van der Waals surface area contributed by atoms with Gasteiger partial charge >= 0.3 is 0 Å². The van der Waals surface area contributed by atoms with E-state index in [2.05, 4.69) is 22.7 Å². The quantitative estimate of drug-likeness (QED) is 0.908. The van der Waals surface area contributed by atoms with Gasteiger partial charge in [0, 0.05) is 6.54 Å². The second kappa shape index (κ2) is 6.77. The Hall–Kier alpha value is -2.14. The SMILES string of the molecule is Cc1nn(-c2ccccc2)c(C)c1C(=O)NCC1(C)CCNCC1. The maximum Gasteiger partial charge on any atom is 0.255 e. The van der Waals surface area contributed by atoms with Gasteiger partial charge in [-0.15, -0.1) is 0 Å². The third-order valence-electron chi connectivity index (χ3n) is 5.01. The summed E-state index contributed by atoms with van der Waals surface area (Å²) in [5.41, 5.74) is 3.49. The van der Waals surface area contributed by atoms with Crippen LogP contribution in [-0.4, -0.2) is 35.3 Å². The monoisotopic (exact) mass is 326 g/mol. The van der Waals surface area contributed by atoms with Crippen molar-refractivity contribution in [1.82, 2.24) is 20.4 Å². The number of hydrogen-bond acceptors (Lipinski definition) is 3. The summed E-state index contributed by atoms with van der Waals surface area (Å²) in [4.78, 5) is 12.7. The molecule has 3 rings (SSSR count). The highest BCUT2D eigenvalue weighted by Crippen LogP contribution is 2.27. The van der Waals surface area contributed by atoms with Gasteiger partial charge in [-0.2, -0.15) is 5.10 Å². The van der Waals surface area contributed by atoms with E-state index in [0.717, 1.165) is 43.0 Å². The largest absolute Gasteiger partial charge is 0.351 e. The molecular weight excluding hydrogens is 300 g/mol. The van der Waals surface area contributed by atoms with Gasteiger partial charge in [-0.05, 0) is 57.3 Å². The topological polar surface area (TPSA) is 59.0 Å². The smallest absolute Gasteiger partial charge is 0.255 e. The maximum absolute atomic E-state index is 12.7. The standard InChI is InChI=1S/C19H26N4O/c1-14-17(15(2)23(22-14)16-7-5-4-6-8-16)18(24)21-13-19(3)9-11-20-12-10-19/h4-8,20H,9-13H2,1-3H3,(H,21,24). The molecule has 0 aliphatic carbocycles. The molecule has 5 heteroatoms. The average molecular weight is 326 g/mol. The van der Waals surface area contributed by atoms with E-state index in [0.29, 0.717) is 12.1 Å². The Bertz CT molecular complexity index is 714. The second-order valence-electron chi connectivity index (χ2n) is 7.04. The van der Waals surface area contributed by atoms with Crippen molar-refractivity contribution in [2.45, 2.75) is 33.6 Å². The predicted molar refractivity (Wildman–Crippen MR) is 95.6 cm³/mol. The van der Waals surface area contributed by atoms with E-state index < -0.39 is 0 Å². The second-order valence-corrected chi connectivity index (χ2v) is 7.04. The number of benzene rings is 1. The minimum absolute atomic E-state index is 0.0214. The number of nitrogens with zero attached hydrogens (tertiary/aromatic N) is 2. The zero-order chi connectivity index (χ0) is 17.2. The lowest BCUT2D eigenvalue weighted by Gasteiger charge is -2.34. The number of nitrogens with one attached hydrogen (secondary N) is 2. The molecule has 2 N–H and O–H groups in total. The number of aromatic nitrogens is 2. The van der Waals surface area contributed by atoms with Crippen LogP contribution in [0.25, 0.3) is 5.69 Å². The predicted octanol–water partition coefficient (Wildman–Crippen LogP) is 2.61. The molecule has 1 aliphatic rings. The number of para-hydroxylation sites is 1. The summed E-state index contributed by atoms with van der Waals surface area (Å²) in [5.74, 6) is -0.0214. The van der Waals surface area contributed by atoms with E-state index in [1.807, 2.05) is 48.9 Å². The van der Waals surface area contributed by atoms with E-state index >= 15 is 0 Å². The molecule has 1 fully saturated rings. The van der Waals surface area contributed by atoms with Crippen molar-refractivity contribution in [3.63, 3.8) is 0 Å². The Morgan fingerprint density at radius 2 is 1.92 bits per heavy atom. The molecule has 0 atom stereocenters. The van der Waals surface area contributed by atoms with Gasteiger partial charge in [0.15, 0.2) is 0 Å². The van der Waals surface area contributed by atoms with Crippen LogP contribution < -0.4 is 10.6 Å². The molecule has 1 amide bonds. The molecule has 0 saturated carbocycles. The molecule has 0 bridgehead atoms. The van der Waals surface area contributed by atoms with E-state index in [4.69, 9.17) is 0 Å². The van der Waals surface area contributed by atoms with Gasteiger partial charge in [-0.3, -0.25) is 4.79 Å². The van der Waals surface area contributed by atoms with Crippen molar-refractivity contribution in [3.05, 3.63) is 47.3 Å². The van der Waals surface area contributed by atoms with Gasteiger partial charge in [-0.1, -0.05) is 25.1 Å². The molecule has 1 aromatic carbocycles. The molecule has 1 saturated heterocycles. The Kier molecular flexibility index (Phi) is 4.71. The summed E-state index contributed by atoms with van der Waals surface area (Å²) in [5, 5.41) is 11.1. The lowest BCUT2D eigenvalue weighted by atomic mass is 9.81. The first kappa shape index (κ1) is 16.7. The lowest BCUT2D eigenvalue weighted by molar-refractivity contribution is 0.0921. The Morgan fingerprint density at radius 3 is 2.58 bits per heavy atom. The van der Waals surface area contributed by atoms with Gasteiger partial charge < -0.3 is 10.6 Å². The number of carbonyl (C=O) groups excluding carboxylic acids is 1. The number of carbonyl (C=O) groups is 1. The van der Waals surface area contributed by atoms with Gasteiger partial charge in [0.2, 0.25) is 0 Å². The van der Waals surface area contributed by atoms with Gasteiger partial charge in [-0.25, -0.2) is 4.68 Å². The third-order valence-corrected chi connectivity index (χ3v) is 5.01. The molecule has 5 nitrogen and oxygen atoms in total. The first-order chi connectivity index (χ1) is 11.5. The fourth-order valence-electron chi connectivity index (χ4n) is 3.38. The molecule has 0 spiro atoms. The molecule has 0 radical (unpaired) electrons. The van der Waals surface area contributed by atoms with Crippen LogP contribution in [0.4, 0.5) is 0 Å². The molecule has 24 heavy (non-hydrogen) atoms. The normalized spacial score (nSPS) is 16.8. The molecule has 128 valence electrons. The number of piperidine rings is 1. The Morgan fingerprint density at radius 1 is 1.25 bits per heavy atom. The van der Waals surface area contributed by atoms with Crippen molar-refractivity contribution >= 4 is 5.91 Å². The van der Waals surface area contributed by atoms with Gasteiger partial charge in [0.25, 0.3) is 5.91 Å². The van der Waals surface area contributed by atoms with E-state index in [1.54, 1.807) is 0 Å². The van der Waals surface area contributed by atoms with Crippen molar-refractivity contribution in [2.75, 3.05) is 19.6 Å². The van der Waals surface area contributed by atoms with Crippen LogP contribution in [0, 0.1) is 19.3 Å². The summed E-state index contributed by atoms with van der Waals surface area (Å²) in [6, 6.07) is 9.92. The Labute approximate surface area is 143 Å². The minimum atomic E-state index is -0.0214.